The van der Waals surface area contributed by atoms with Crippen molar-refractivity contribution in [3.05, 3.63) is 135 Å². The van der Waals surface area contributed by atoms with E-state index in [0.29, 0.717) is 22.9 Å². The first-order valence-corrected chi connectivity index (χ1v) is 21.7. The lowest BCUT2D eigenvalue weighted by Crippen LogP contribution is -2.29. The highest BCUT2D eigenvalue weighted by molar-refractivity contribution is 7.86. The summed E-state index contributed by atoms with van der Waals surface area (Å²) in [5.41, 5.74) is -2.06. The average molecular weight is 938 g/mol. The molecular formula is C41H27N7O14S3. The van der Waals surface area contributed by atoms with Gasteiger partial charge in [-0.1, -0.05) is 54.5 Å². The molecule has 2 aromatic heterocycles. The molecule has 0 saturated carbocycles. The SMILES string of the molecule is C#Cc1cccc(C)c1Nc1nc(O)nc(Nc2cc(Nc3ccc4c5c3C(=O)c3ccccc3-c5c(C(=O)c3cccc(OS(=O)O)c3)c(=O)n4O)c(OS(=O)O)cc2S(=O)(=O)O)n1. The molecule has 1 aliphatic rings. The van der Waals surface area contributed by atoms with E-state index < -0.39 is 83.8 Å². The van der Waals surface area contributed by atoms with E-state index in [9.17, 15) is 55.2 Å². The van der Waals surface area contributed by atoms with Crippen molar-refractivity contribution in [1.29, 1.82) is 0 Å². The summed E-state index contributed by atoms with van der Waals surface area (Å²) in [6, 6.07) is 19.2. The number of pyridine rings is 1. The third kappa shape index (κ3) is 8.31. The molecule has 0 radical (unpaired) electrons. The van der Waals surface area contributed by atoms with E-state index in [-0.39, 0.29) is 66.5 Å². The van der Waals surface area contributed by atoms with E-state index in [1.165, 1.54) is 48.5 Å². The summed E-state index contributed by atoms with van der Waals surface area (Å²) in [5.74, 6) is -0.832. The molecule has 0 fully saturated rings. The van der Waals surface area contributed by atoms with Gasteiger partial charge in [-0.3, -0.25) is 28.0 Å². The minimum absolute atomic E-state index is 0.0106. The molecule has 2 heterocycles. The van der Waals surface area contributed by atoms with E-state index in [1.54, 1.807) is 31.2 Å². The predicted molar refractivity (Wildman–Crippen MR) is 234 cm³/mol. The first-order chi connectivity index (χ1) is 30.9. The number of aromatic hydroxyl groups is 1. The van der Waals surface area contributed by atoms with Crippen LogP contribution in [0.25, 0.3) is 22.0 Å². The van der Waals surface area contributed by atoms with Crippen LogP contribution in [-0.4, -0.2) is 72.1 Å². The number of nitrogens with zero attached hydrogens (tertiary/aromatic N) is 4. The van der Waals surface area contributed by atoms with Gasteiger partial charge in [0.1, 0.15) is 10.6 Å². The van der Waals surface area contributed by atoms with Crippen molar-refractivity contribution >= 4 is 90.0 Å². The molecule has 1 aliphatic carbocycles. The monoisotopic (exact) mass is 937 g/mol. The highest BCUT2D eigenvalue weighted by Gasteiger charge is 2.35. The molecule has 65 heavy (non-hydrogen) atoms. The molecule has 0 amide bonds. The second-order valence-electron chi connectivity index (χ2n) is 13.7. The summed E-state index contributed by atoms with van der Waals surface area (Å²) in [6.45, 7) is 1.74. The van der Waals surface area contributed by atoms with Crippen LogP contribution >= 0.6 is 0 Å². The Balaban J connectivity index is 1.31. The van der Waals surface area contributed by atoms with Gasteiger partial charge in [0.25, 0.3) is 15.7 Å². The zero-order chi connectivity index (χ0) is 46.5. The van der Waals surface area contributed by atoms with Crippen LogP contribution < -0.4 is 29.9 Å². The van der Waals surface area contributed by atoms with Crippen molar-refractivity contribution in [2.24, 2.45) is 0 Å². The maximum absolute atomic E-state index is 14.5. The van der Waals surface area contributed by atoms with E-state index in [1.807, 2.05) is 0 Å². The number of hydrogen-bond acceptors (Lipinski definition) is 17. The highest BCUT2D eigenvalue weighted by atomic mass is 32.2. The summed E-state index contributed by atoms with van der Waals surface area (Å²) >= 11 is -5.90. The van der Waals surface area contributed by atoms with Crippen molar-refractivity contribution in [2.75, 3.05) is 16.0 Å². The zero-order valence-corrected chi connectivity index (χ0v) is 35.1. The van der Waals surface area contributed by atoms with Crippen molar-refractivity contribution < 1.29 is 58.8 Å². The van der Waals surface area contributed by atoms with Gasteiger partial charge >= 0.3 is 28.7 Å². The molecule has 21 nitrogen and oxygen atoms in total. The third-order valence-electron chi connectivity index (χ3n) is 9.80. The Morgan fingerprint density at radius 2 is 1.49 bits per heavy atom. The molecule has 7 aromatic rings. The maximum atomic E-state index is 14.5. The number of benzene rings is 5. The minimum Gasteiger partial charge on any atom is -0.479 e. The number of aromatic nitrogens is 4. The van der Waals surface area contributed by atoms with Gasteiger partial charge in [0, 0.05) is 33.7 Å². The Morgan fingerprint density at radius 3 is 2.18 bits per heavy atom. The van der Waals surface area contributed by atoms with Gasteiger partial charge in [-0.25, -0.2) is 0 Å². The smallest absolute Gasteiger partial charge is 0.357 e. The molecular weight excluding hydrogens is 911 g/mol. The Morgan fingerprint density at radius 1 is 0.800 bits per heavy atom. The van der Waals surface area contributed by atoms with Crippen LogP contribution in [0.3, 0.4) is 0 Å². The van der Waals surface area contributed by atoms with E-state index in [4.69, 9.17) is 14.8 Å². The number of nitrogens with one attached hydrogen (secondary N) is 3. The van der Waals surface area contributed by atoms with Crippen LogP contribution in [0.4, 0.5) is 34.6 Å². The van der Waals surface area contributed by atoms with Crippen LogP contribution in [0, 0.1) is 19.3 Å². The molecule has 8 N–H and O–H groups in total. The van der Waals surface area contributed by atoms with Gasteiger partial charge in [0.2, 0.25) is 11.9 Å². The Kier molecular flexibility index (Phi) is 11.3. The summed E-state index contributed by atoms with van der Waals surface area (Å²) in [4.78, 5) is 53.7. The van der Waals surface area contributed by atoms with Crippen molar-refractivity contribution in [2.45, 2.75) is 11.8 Å². The summed E-state index contributed by atoms with van der Waals surface area (Å²) < 4.78 is 88.5. The zero-order valence-electron chi connectivity index (χ0n) is 32.7. The number of carbonyl (C=O) groups excluding carboxylic acids is 2. The van der Waals surface area contributed by atoms with Crippen LogP contribution in [0.15, 0.2) is 101 Å². The maximum Gasteiger partial charge on any atom is 0.357 e. The molecule has 2 unspecified atom stereocenters. The number of aryl methyl sites for hydroxylation is 1. The second-order valence-corrected chi connectivity index (χ2v) is 16.3. The average Bonchev–Trinajstić information content (AvgIpc) is 3.24. The fourth-order valence-corrected chi connectivity index (χ4v) is 8.37. The van der Waals surface area contributed by atoms with Crippen LogP contribution in [0.1, 0.15) is 43.0 Å². The normalized spacial score (nSPS) is 12.7. The molecule has 5 aromatic carbocycles. The Labute approximate surface area is 370 Å². The number of carbonyl (C=O) groups is 2. The van der Waals surface area contributed by atoms with Crippen LogP contribution in [0.2, 0.25) is 0 Å². The van der Waals surface area contributed by atoms with E-state index >= 15 is 0 Å². The van der Waals surface area contributed by atoms with E-state index in [2.05, 4.69) is 36.8 Å². The number of fused-ring (bicyclic) bond motifs is 2. The second kappa shape index (κ2) is 16.9. The largest absolute Gasteiger partial charge is 0.479 e. The van der Waals surface area contributed by atoms with Gasteiger partial charge < -0.3 is 34.6 Å². The molecule has 24 heteroatoms. The topological polar surface area (TPSA) is 319 Å². The number of rotatable bonds is 13. The number of terminal acetylenes is 1. The standard InChI is InChI=1S/C41H27N7O14S3/c1-3-20-9-6-8-19(2)35(20)44-40-45-39(46-41(52)47-40)43-27-17-26(29(62-64(56)57)18-30(27)65(58,59)60)42-25-14-15-28-33-31(23-12-4-5-13-24(23)37(50)32(25)33)34(38(51)48(28)53)36(49)21-10-7-11-22(16-21)61-63(54)55/h1,4-18,42,53H,2H3,(H,54,55)(H,56,57)(H,58,59,60)(H3,43,44,45,46,47,52). The van der Waals surface area contributed by atoms with E-state index in [0.717, 1.165) is 12.1 Å². The van der Waals surface area contributed by atoms with Crippen molar-refractivity contribution in [1.82, 2.24) is 19.7 Å². The fraction of sp³-hybridized carbons (Fsp3) is 0.0244. The summed E-state index contributed by atoms with van der Waals surface area (Å²) in [5, 5.41) is 29.9. The number of anilines is 6. The van der Waals surface area contributed by atoms with Gasteiger partial charge in [0.05, 0.1) is 39.4 Å². The lowest BCUT2D eigenvalue weighted by molar-refractivity contribution is 0.102. The first-order valence-electron chi connectivity index (χ1n) is 18.2. The number of para-hydroxylation sites is 1. The summed E-state index contributed by atoms with van der Waals surface area (Å²) in [6.07, 6.45) is 5.65. The molecule has 0 spiro atoms. The lowest BCUT2D eigenvalue weighted by Gasteiger charge is -2.25. The minimum atomic E-state index is -5.22. The van der Waals surface area contributed by atoms with Gasteiger partial charge in [-0.05, 0) is 54.4 Å². The molecule has 328 valence electrons. The van der Waals surface area contributed by atoms with Gasteiger partial charge in [-0.15, -0.1) is 11.2 Å². The molecule has 2 atom stereocenters. The highest BCUT2D eigenvalue weighted by Crippen LogP contribution is 2.46. The number of ketones is 2. The molecule has 0 bridgehead atoms. The van der Waals surface area contributed by atoms with Gasteiger partial charge in [0.15, 0.2) is 17.3 Å². The first kappa shape index (κ1) is 43.6. The quantitative estimate of drug-likeness (QED) is 0.0237. The lowest BCUT2D eigenvalue weighted by atomic mass is 9.80. The van der Waals surface area contributed by atoms with Crippen LogP contribution in [-0.2, 0) is 32.8 Å². The molecule has 0 aliphatic heterocycles. The predicted octanol–water partition coefficient (Wildman–Crippen LogP) is 5.37. The van der Waals surface area contributed by atoms with Crippen molar-refractivity contribution in [3.63, 3.8) is 0 Å². The Hall–Kier alpha value is -8.05. The van der Waals surface area contributed by atoms with Gasteiger partial charge in [-0.2, -0.15) is 31.8 Å². The third-order valence-corrected chi connectivity index (χ3v) is 11.4. The van der Waals surface area contributed by atoms with Crippen LogP contribution in [0.5, 0.6) is 17.5 Å². The molecule has 8 rings (SSSR count). The fourth-order valence-electron chi connectivity index (χ4n) is 7.16. The number of hydrogen-bond donors (Lipinski definition) is 8. The molecule has 0 saturated heterocycles. The van der Waals surface area contributed by atoms with Crippen molar-refractivity contribution in [3.8, 4) is 41.0 Å². The Bertz CT molecular complexity index is 3480. The summed E-state index contributed by atoms with van der Waals surface area (Å²) in [7, 11) is -5.22.